The first-order valence-corrected chi connectivity index (χ1v) is 6.63. The molecule has 0 amide bonds. The molecule has 0 radical (unpaired) electrons. The van der Waals surface area contributed by atoms with Gasteiger partial charge in [-0.1, -0.05) is 12.1 Å². The van der Waals surface area contributed by atoms with Gasteiger partial charge in [-0.15, -0.1) is 0 Å². The van der Waals surface area contributed by atoms with E-state index >= 15 is 0 Å². The highest BCUT2D eigenvalue weighted by molar-refractivity contribution is 7.85. The van der Waals surface area contributed by atoms with Crippen LogP contribution in [0.5, 0.6) is 0 Å². The van der Waals surface area contributed by atoms with E-state index < -0.39 is 16.8 Å². The molecular weight excluding hydrogens is 240 g/mol. The third-order valence-corrected chi connectivity index (χ3v) is 3.68. The number of methoxy groups -OCH3 is 1. The maximum absolute atomic E-state index is 11.8. The van der Waals surface area contributed by atoms with Crippen molar-refractivity contribution in [3.63, 3.8) is 0 Å². The lowest BCUT2D eigenvalue weighted by atomic mass is 10.2. The summed E-state index contributed by atoms with van der Waals surface area (Å²) < 4.78 is 16.7. The molecular formula is C12H16O4S. The van der Waals surface area contributed by atoms with Crippen molar-refractivity contribution in [3.05, 3.63) is 29.8 Å². The number of hydrogen-bond donors (Lipinski definition) is 1. The van der Waals surface area contributed by atoms with E-state index in [0.717, 1.165) is 16.9 Å². The predicted octanol–water partition coefficient (Wildman–Crippen LogP) is 1.46. The van der Waals surface area contributed by atoms with Gasteiger partial charge in [-0.25, -0.2) is 0 Å². The highest BCUT2D eigenvalue weighted by Crippen LogP contribution is 2.10. The minimum atomic E-state index is -1.03. The smallest absolute Gasteiger partial charge is 0.307 e. The molecule has 0 aliphatic heterocycles. The average Bonchev–Trinajstić information content (AvgIpc) is 2.29. The van der Waals surface area contributed by atoms with Crippen molar-refractivity contribution in [1.82, 2.24) is 0 Å². The van der Waals surface area contributed by atoms with Gasteiger partial charge in [-0.2, -0.15) is 0 Å². The van der Waals surface area contributed by atoms with Gasteiger partial charge in [0.15, 0.2) is 0 Å². The van der Waals surface area contributed by atoms with Crippen molar-refractivity contribution in [2.75, 3.05) is 19.5 Å². The van der Waals surface area contributed by atoms with Crippen LogP contribution in [0, 0.1) is 0 Å². The average molecular weight is 256 g/mol. The standard InChI is InChI=1S/C12H16O4S/c1-16-7-2-8-17(15)11-5-3-10(4-6-11)9-12(13)14/h3-6H,2,7-9H2,1H3,(H,13,14). The molecule has 1 aromatic carbocycles. The van der Waals surface area contributed by atoms with Crippen molar-refractivity contribution in [2.45, 2.75) is 17.7 Å². The van der Waals surface area contributed by atoms with Crippen LogP contribution in [-0.2, 0) is 26.8 Å². The van der Waals surface area contributed by atoms with Gasteiger partial charge in [-0.3, -0.25) is 9.00 Å². The van der Waals surface area contributed by atoms with Crippen LogP contribution in [0.2, 0.25) is 0 Å². The van der Waals surface area contributed by atoms with Gasteiger partial charge in [0.05, 0.1) is 17.2 Å². The Morgan fingerprint density at radius 2 is 2.00 bits per heavy atom. The number of hydrogen-bond acceptors (Lipinski definition) is 3. The molecule has 0 spiro atoms. The first-order valence-electron chi connectivity index (χ1n) is 5.31. The van der Waals surface area contributed by atoms with Gasteiger partial charge < -0.3 is 9.84 Å². The molecule has 0 saturated heterocycles. The molecule has 1 unspecified atom stereocenters. The lowest BCUT2D eigenvalue weighted by molar-refractivity contribution is -0.136. The van der Waals surface area contributed by atoms with Crippen LogP contribution in [0.3, 0.4) is 0 Å². The van der Waals surface area contributed by atoms with Crippen molar-refractivity contribution in [3.8, 4) is 0 Å². The predicted molar refractivity (Wildman–Crippen MR) is 65.6 cm³/mol. The molecule has 94 valence electrons. The number of rotatable bonds is 7. The lowest BCUT2D eigenvalue weighted by Crippen LogP contribution is -2.03. The fourth-order valence-corrected chi connectivity index (χ4v) is 2.44. The third kappa shape index (κ3) is 5.10. The largest absolute Gasteiger partial charge is 0.481 e. The highest BCUT2D eigenvalue weighted by atomic mass is 32.2. The van der Waals surface area contributed by atoms with Crippen LogP contribution in [0.25, 0.3) is 0 Å². The quantitative estimate of drug-likeness (QED) is 0.750. The van der Waals surface area contributed by atoms with E-state index in [0.29, 0.717) is 12.4 Å². The molecule has 0 bridgehead atoms. The van der Waals surface area contributed by atoms with Crippen LogP contribution >= 0.6 is 0 Å². The van der Waals surface area contributed by atoms with Crippen LogP contribution in [0.15, 0.2) is 29.2 Å². The van der Waals surface area contributed by atoms with E-state index in [1.54, 1.807) is 31.4 Å². The summed E-state index contributed by atoms with van der Waals surface area (Å²) in [6.45, 7) is 0.600. The zero-order valence-corrected chi connectivity index (χ0v) is 10.5. The maximum atomic E-state index is 11.8. The van der Waals surface area contributed by atoms with E-state index in [9.17, 15) is 9.00 Å². The summed E-state index contributed by atoms with van der Waals surface area (Å²) in [7, 11) is 0.581. The second-order valence-corrected chi connectivity index (χ2v) is 5.18. The van der Waals surface area contributed by atoms with Gasteiger partial charge in [-0.05, 0) is 24.1 Å². The molecule has 0 aromatic heterocycles. The second kappa shape index (κ2) is 7.19. The molecule has 17 heavy (non-hydrogen) atoms. The Balaban J connectivity index is 2.54. The molecule has 0 heterocycles. The molecule has 1 atom stereocenters. The Kier molecular flexibility index (Phi) is 5.86. The summed E-state index contributed by atoms with van der Waals surface area (Å²) in [5.41, 5.74) is 0.718. The summed E-state index contributed by atoms with van der Waals surface area (Å²) in [5, 5.41) is 8.61. The minimum absolute atomic E-state index is 0.00338. The first kappa shape index (κ1) is 13.9. The number of benzene rings is 1. The number of carbonyl (C=O) groups is 1. The molecule has 1 aromatic rings. The summed E-state index contributed by atoms with van der Waals surface area (Å²) in [6, 6.07) is 6.86. The Morgan fingerprint density at radius 1 is 1.35 bits per heavy atom. The molecule has 0 aliphatic rings. The second-order valence-electron chi connectivity index (χ2n) is 3.61. The van der Waals surface area contributed by atoms with Gasteiger partial charge in [0.1, 0.15) is 0 Å². The number of carboxylic acids is 1. The van der Waals surface area contributed by atoms with Crippen LogP contribution in [0.1, 0.15) is 12.0 Å². The normalized spacial score (nSPS) is 12.3. The monoisotopic (exact) mass is 256 g/mol. The van der Waals surface area contributed by atoms with Crippen molar-refractivity contribution in [2.24, 2.45) is 0 Å². The molecule has 1 N–H and O–H groups in total. The topological polar surface area (TPSA) is 63.6 Å². The van der Waals surface area contributed by atoms with Crippen molar-refractivity contribution in [1.29, 1.82) is 0 Å². The fraction of sp³-hybridized carbons (Fsp3) is 0.417. The van der Waals surface area contributed by atoms with Gasteiger partial charge in [0, 0.05) is 24.4 Å². The van der Waals surface area contributed by atoms with Crippen LogP contribution in [0.4, 0.5) is 0 Å². The van der Waals surface area contributed by atoms with Crippen LogP contribution in [-0.4, -0.2) is 34.8 Å². The molecule has 1 rings (SSSR count). The molecule has 5 heteroatoms. The highest BCUT2D eigenvalue weighted by Gasteiger charge is 2.05. The number of ether oxygens (including phenoxy) is 1. The van der Waals surface area contributed by atoms with Gasteiger partial charge >= 0.3 is 5.97 Å². The van der Waals surface area contributed by atoms with E-state index in [-0.39, 0.29) is 6.42 Å². The maximum Gasteiger partial charge on any atom is 0.307 e. The molecule has 4 nitrogen and oxygen atoms in total. The SMILES string of the molecule is COCCCS(=O)c1ccc(CC(=O)O)cc1. The fourth-order valence-electron chi connectivity index (χ4n) is 1.39. The van der Waals surface area contributed by atoms with Crippen LogP contribution < -0.4 is 0 Å². The Morgan fingerprint density at radius 3 is 2.53 bits per heavy atom. The molecule has 0 aliphatic carbocycles. The Labute approximate surface area is 103 Å². The van der Waals surface area contributed by atoms with Gasteiger partial charge in [0.2, 0.25) is 0 Å². The molecule has 0 fully saturated rings. The minimum Gasteiger partial charge on any atom is -0.481 e. The third-order valence-electron chi connectivity index (χ3n) is 2.22. The number of aliphatic carboxylic acids is 1. The summed E-state index contributed by atoms with van der Waals surface area (Å²) in [4.78, 5) is 11.2. The zero-order valence-electron chi connectivity index (χ0n) is 9.72. The van der Waals surface area contributed by atoms with E-state index in [1.807, 2.05) is 0 Å². The molecule has 0 saturated carbocycles. The summed E-state index contributed by atoms with van der Waals surface area (Å²) in [5.74, 6) is -0.300. The summed E-state index contributed by atoms with van der Waals surface area (Å²) >= 11 is 0. The van der Waals surface area contributed by atoms with Gasteiger partial charge in [0.25, 0.3) is 0 Å². The lowest BCUT2D eigenvalue weighted by Gasteiger charge is -2.03. The van der Waals surface area contributed by atoms with E-state index in [4.69, 9.17) is 9.84 Å². The zero-order chi connectivity index (χ0) is 12.7. The van der Waals surface area contributed by atoms with E-state index in [1.165, 1.54) is 0 Å². The van der Waals surface area contributed by atoms with E-state index in [2.05, 4.69) is 0 Å². The summed E-state index contributed by atoms with van der Waals surface area (Å²) in [6.07, 6.45) is 0.747. The van der Waals surface area contributed by atoms with Crippen molar-refractivity contribution < 1.29 is 18.8 Å². The Hall–Kier alpha value is -1.20. The Bertz CT molecular complexity index is 386. The first-order chi connectivity index (χ1) is 8.13. The van der Waals surface area contributed by atoms with Crippen molar-refractivity contribution >= 4 is 16.8 Å². The number of carboxylic acid groups (broad SMARTS) is 1.